The van der Waals surface area contributed by atoms with E-state index in [0.717, 1.165) is 11.1 Å². The number of benzene rings is 2. The molecule has 0 saturated carbocycles. The summed E-state index contributed by atoms with van der Waals surface area (Å²) in [6.45, 7) is 9.35. The number of hydrogen-bond donors (Lipinski definition) is 1. The summed E-state index contributed by atoms with van der Waals surface area (Å²) in [6.07, 6.45) is -1.52. The molecule has 30 heavy (non-hydrogen) atoms. The van der Waals surface area contributed by atoms with Crippen molar-refractivity contribution in [3.8, 4) is 0 Å². The molecule has 5 heteroatoms. The van der Waals surface area contributed by atoms with Gasteiger partial charge in [-0.25, -0.2) is 9.69 Å². The minimum Gasteiger partial charge on any atom is -0.430 e. The first-order valence-corrected chi connectivity index (χ1v) is 10.6. The molecule has 1 aliphatic rings. The zero-order valence-electron chi connectivity index (χ0n) is 18.3. The van der Waals surface area contributed by atoms with Gasteiger partial charge in [0.25, 0.3) is 0 Å². The fourth-order valence-electron chi connectivity index (χ4n) is 4.48. The molecule has 1 fully saturated rings. The molecule has 0 spiro atoms. The van der Waals surface area contributed by atoms with Crippen LogP contribution < -0.4 is 0 Å². The van der Waals surface area contributed by atoms with Gasteiger partial charge in [0.1, 0.15) is 0 Å². The van der Waals surface area contributed by atoms with Gasteiger partial charge in [0.15, 0.2) is 5.60 Å². The van der Waals surface area contributed by atoms with Gasteiger partial charge in [-0.05, 0) is 11.8 Å². The summed E-state index contributed by atoms with van der Waals surface area (Å²) < 4.78 is 6.10. The summed E-state index contributed by atoms with van der Waals surface area (Å²) in [6, 6.07) is 18.6. The lowest BCUT2D eigenvalue weighted by molar-refractivity contribution is -0.138. The first-order chi connectivity index (χ1) is 14.2. The molecular formula is C25H31NO4. The molecule has 1 heterocycles. The van der Waals surface area contributed by atoms with E-state index < -0.39 is 35.7 Å². The second-order valence-electron chi connectivity index (χ2n) is 8.76. The van der Waals surface area contributed by atoms with Crippen molar-refractivity contribution in [1.82, 2.24) is 4.90 Å². The van der Waals surface area contributed by atoms with Gasteiger partial charge < -0.3 is 9.84 Å². The highest BCUT2D eigenvalue weighted by molar-refractivity contribution is 5.96. The highest BCUT2D eigenvalue weighted by Gasteiger charge is 2.59. The van der Waals surface area contributed by atoms with E-state index in [1.54, 1.807) is 6.92 Å². The third kappa shape index (κ3) is 3.63. The van der Waals surface area contributed by atoms with Crippen molar-refractivity contribution in [2.75, 3.05) is 0 Å². The van der Waals surface area contributed by atoms with Crippen molar-refractivity contribution >= 4 is 12.0 Å². The van der Waals surface area contributed by atoms with Gasteiger partial charge in [-0.15, -0.1) is 0 Å². The van der Waals surface area contributed by atoms with Crippen molar-refractivity contribution in [2.24, 2.45) is 17.8 Å². The summed E-state index contributed by atoms with van der Waals surface area (Å²) in [5, 5.41) is 10.5. The second kappa shape index (κ2) is 8.60. The standard InChI is InChI=1S/C25H31NO4/c1-16(2)21(27)18(5)23(28)26-22(17(3)4)25(30-24(26)29,19-12-8-6-9-13-19)20-14-10-7-11-15-20/h6-18,21-22,27H,1-5H3/t18-,21+,22+/m1/s1. The van der Waals surface area contributed by atoms with Crippen molar-refractivity contribution in [3.05, 3.63) is 71.8 Å². The van der Waals surface area contributed by atoms with Crippen LogP contribution in [-0.2, 0) is 15.1 Å². The van der Waals surface area contributed by atoms with Crippen LogP contribution in [0.4, 0.5) is 4.79 Å². The smallest absolute Gasteiger partial charge is 0.418 e. The molecule has 2 aromatic carbocycles. The third-order valence-electron chi connectivity index (χ3n) is 6.00. The largest absolute Gasteiger partial charge is 0.430 e. The molecule has 1 saturated heterocycles. The predicted octanol–water partition coefficient (Wildman–Crippen LogP) is 4.59. The Morgan fingerprint density at radius 3 is 1.80 bits per heavy atom. The van der Waals surface area contributed by atoms with E-state index in [1.807, 2.05) is 88.4 Å². The van der Waals surface area contributed by atoms with Crippen LogP contribution in [0, 0.1) is 17.8 Å². The van der Waals surface area contributed by atoms with Crippen molar-refractivity contribution in [2.45, 2.75) is 52.4 Å². The molecule has 1 N–H and O–H groups in total. The summed E-state index contributed by atoms with van der Waals surface area (Å²) in [7, 11) is 0. The van der Waals surface area contributed by atoms with Gasteiger partial charge in [0, 0.05) is 11.1 Å². The van der Waals surface area contributed by atoms with Crippen LogP contribution in [0.3, 0.4) is 0 Å². The lowest BCUT2D eigenvalue weighted by Crippen LogP contribution is -2.52. The van der Waals surface area contributed by atoms with Crippen LogP contribution in [0.15, 0.2) is 60.7 Å². The van der Waals surface area contributed by atoms with E-state index in [1.165, 1.54) is 4.90 Å². The third-order valence-corrected chi connectivity index (χ3v) is 6.00. The quantitative estimate of drug-likeness (QED) is 0.758. The van der Waals surface area contributed by atoms with Crippen LogP contribution in [0.5, 0.6) is 0 Å². The molecule has 0 bridgehead atoms. The SMILES string of the molecule is CC(C)[C@@H]1N(C(=O)[C@H](C)[C@@H](O)C(C)C)C(=O)OC1(c1ccccc1)c1ccccc1. The fourth-order valence-corrected chi connectivity index (χ4v) is 4.48. The van der Waals surface area contributed by atoms with Crippen molar-refractivity contribution in [1.29, 1.82) is 0 Å². The van der Waals surface area contributed by atoms with E-state index >= 15 is 0 Å². The number of carbonyl (C=O) groups is 2. The highest BCUT2D eigenvalue weighted by Crippen LogP contribution is 2.47. The zero-order valence-corrected chi connectivity index (χ0v) is 18.3. The maximum Gasteiger partial charge on any atom is 0.418 e. The summed E-state index contributed by atoms with van der Waals surface area (Å²) in [4.78, 5) is 27.9. The minimum atomic E-state index is -1.12. The van der Waals surface area contributed by atoms with Crippen molar-refractivity contribution < 1.29 is 19.4 Å². The maximum absolute atomic E-state index is 13.4. The number of aliphatic hydroxyl groups excluding tert-OH is 1. The molecule has 2 aromatic rings. The number of amides is 2. The topological polar surface area (TPSA) is 66.8 Å². The first kappa shape index (κ1) is 22.0. The van der Waals surface area contributed by atoms with E-state index in [0.29, 0.717) is 0 Å². The van der Waals surface area contributed by atoms with Gasteiger partial charge in [0.2, 0.25) is 5.91 Å². The second-order valence-corrected chi connectivity index (χ2v) is 8.76. The molecule has 3 atom stereocenters. The minimum absolute atomic E-state index is 0.0794. The summed E-state index contributed by atoms with van der Waals surface area (Å²) in [5.74, 6) is -1.31. The van der Waals surface area contributed by atoms with Crippen LogP contribution in [0.2, 0.25) is 0 Å². The van der Waals surface area contributed by atoms with E-state index in [-0.39, 0.29) is 11.8 Å². The summed E-state index contributed by atoms with van der Waals surface area (Å²) in [5.41, 5.74) is 0.512. The van der Waals surface area contributed by atoms with Crippen LogP contribution >= 0.6 is 0 Å². The van der Waals surface area contributed by atoms with Crippen LogP contribution in [-0.4, -0.2) is 34.2 Å². The Morgan fingerprint density at radius 2 is 1.40 bits per heavy atom. The van der Waals surface area contributed by atoms with E-state index in [4.69, 9.17) is 4.74 Å². The molecule has 0 radical (unpaired) electrons. The van der Waals surface area contributed by atoms with Gasteiger partial charge in [0.05, 0.1) is 18.1 Å². The predicted molar refractivity (Wildman–Crippen MR) is 116 cm³/mol. The van der Waals surface area contributed by atoms with Gasteiger partial charge in [-0.3, -0.25) is 4.79 Å². The zero-order chi connectivity index (χ0) is 22.1. The highest BCUT2D eigenvalue weighted by atomic mass is 16.6. The number of ether oxygens (including phenoxy) is 1. The van der Waals surface area contributed by atoms with Gasteiger partial charge in [-0.1, -0.05) is 95.3 Å². The van der Waals surface area contributed by atoms with Crippen LogP contribution in [0.1, 0.15) is 45.7 Å². The lowest BCUT2D eigenvalue weighted by Gasteiger charge is -2.38. The van der Waals surface area contributed by atoms with Crippen molar-refractivity contribution in [3.63, 3.8) is 0 Å². The average Bonchev–Trinajstić information content (AvgIpc) is 3.07. The molecule has 1 aliphatic heterocycles. The first-order valence-electron chi connectivity index (χ1n) is 10.6. The molecule has 2 amide bonds. The number of nitrogens with zero attached hydrogens (tertiary/aromatic N) is 1. The number of rotatable bonds is 6. The average molecular weight is 410 g/mol. The number of imide groups is 1. The van der Waals surface area contributed by atoms with Gasteiger partial charge >= 0.3 is 6.09 Å². The summed E-state index contributed by atoms with van der Waals surface area (Å²) >= 11 is 0. The molecule has 0 aliphatic carbocycles. The number of cyclic esters (lactones) is 1. The number of carbonyl (C=O) groups excluding carboxylic acids is 2. The lowest BCUT2D eigenvalue weighted by atomic mass is 9.75. The molecule has 3 rings (SSSR count). The molecule has 160 valence electrons. The Hall–Kier alpha value is -2.66. The Bertz CT molecular complexity index is 839. The molecule has 5 nitrogen and oxygen atoms in total. The normalized spacial score (nSPS) is 20.3. The van der Waals surface area contributed by atoms with E-state index in [9.17, 15) is 14.7 Å². The molecule has 0 aromatic heterocycles. The molecule has 0 unspecified atom stereocenters. The van der Waals surface area contributed by atoms with Crippen LogP contribution in [0.25, 0.3) is 0 Å². The Balaban J connectivity index is 2.17. The maximum atomic E-state index is 13.4. The fraction of sp³-hybridized carbons (Fsp3) is 0.440. The number of hydrogen-bond acceptors (Lipinski definition) is 4. The molecular weight excluding hydrogens is 378 g/mol. The monoisotopic (exact) mass is 409 g/mol. The van der Waals surface area contributed by atoms with E-state index in [2.05, 4.69) is 0 Å². The number of aliphatic hydroxyl groups is 1. The Morgan fingerprint density at radius 1 is 0.933 bits per heavy atom. The Labute approximate surface area is 178 Å². The van der Waals surface area contributed by atoms with Gasteiger partial charge in [-0.2, -0.15) is 0 Å². The Kier molecular flexibility index (Phi) is 6.32.